The summed E-state index contributed by atoms with van der Waals surface area (Å²) in [6.07, 6.45) is 5.48. The van der Waals surface area contributed by atoms with Crippen molar-refractivity contribution in [3.8, 4) is 23.1 Å². The lowest BCUT2D eigenvalue weighted by Gasteiger charge is -2.09. The van der Waals surface area contributed by atoms with E-state index in [1.54, 1.807) is 12.4 Å². The van der Waals surface area contributed by atoms with Gasteiger partial charge in [-0.3, -0.25) is 4.79 Å². The molecule has 1 atom stereocenters. The number of carbonyl (C=O) groups is 1. The van der Waals surface area contributed by atoms with Crippen LogP contribution in [0.5, 0.6) is 0 Å². The van der Waals surface area contributed by atoms with Gasteiger partial charge in [0.2, 0.25) is 0 Å². The molecule has 0 bridgehead atoms. The number of benzene rings is 1. The summed E-state index contributed by atoms with van der Waals surface area (Å²) in [5, 5.41) is 3.83. The molecule has 3 heterocycles. The first-order chi connectivity index (χ1) is 14.1. The van der Waals surface area contributed by atoms with Crippen LogP contribution in [0, 0.1) is 11.8 Å². The number of primary amides is 1. The number of nitrogens with zero attached hydrogens (tertiary/aromatic N) is 3. The van der Waals surface area contributed by atoms with Crippen LogP contribution in [0.3, 0.4) is 0 Å². The van der Waals surface area contributed by atoms with Crippen LogP contribution in [0.4, 0.5) is 5.69 Å². The average Bonchev–Trinajstić information content (AvgIpc) is 3.43. The summed E-state index contributed by atoms with van der Waals surface area (Å²) in [6.45, 7) is 2.90. The summed E-state index contributed by atoms with van der Waals surface area (Å²) in [4.78, 5) is 26.1. The minimum Gasteiger partial charge on any atom is -0.384 e. The molecule has 0 spiro atoms. The average molecular weight is 401 g/mol. The third-order valence-electron chi connectivity index (χ3n) is 5.38. The van der Waals surface area contributed by atoms with Gasteiger partial charge in [0.05, 0.1) is 11.1 Å². The molecular formula is C22H19N5OS. The van der Waals surface area contributed by atoms with Crippen LogP contribution in [0.25, 0.3) is 11.3 Å². The highest BCUT2D eigenvalue weighted by atomic mass is 32.1. The maximum absolute atomic E-state index is 11.7. The van der Waals surface area contributed by atoms with Crippen molar-refractivity contribution in [2.45, 2.75) is 31.1 Å². The normalized spacial score (nSPS) is 18.3. The molecule has 29 heavy (non-hydrogen) atoms. The molecular weight excluding hydrogens is 382 g/mol. The van der Waals surface area contributed by atoms with Crippen molar-refractivity contribution in [1.82, 2.24) is 15.0 Å². The van der Waals surface area contributed by atoms with Gasteiger partial charge in [-0.2, -0.15) is 0 Å². The Labute approximate surface area is 172 Å². The van der Waals surface area contributed by atoms with E-state index in [4.69, 9.17) is 5.73 Å². The Balaban J connectivity index is 1.55. The summed E-state index contributed by atoms with van der Waals surface area (Å²) in [7, 11) is 0. The van der Waals surface area contributed by atoms with E-state index in [1.807, 2.05) is 24.3 Å². The van der Waals surface area contributed by atoms with Crippen LogP contribution >= 0.6 is 11.3 Å². The molecule has 3 aromatic rings. The lowest BCUT2D eigenvalue weighted by Crippen LogP contribution is -2.10. The van der Waals surface area contributed by atoms with E-state index in [0.29, 0.717) is 5.01 Å². The smallest absolute Gasteiger partial charge is 0.277 e. The molecule has 5 rings (SSSR count). The number of hydrogen-bond acceptors (Lipinski definition) is 6. The zero-order valence-electron chi connectivity index (χ0n) is 15.9. The van der Waals surface area contributed by atoms with E-state index in [-0.39, 0.29) is 11.3 Å². The number of fused-ring (bicyclic) bond motifs is 3. The summed E-state index contributed by atoms with van der Waals surface area (Å²) >= 11 is 1.38. The predicted molar refractivity (Wildman–Crippen MR) is 113 cm³/mol. The Hall–Kier alpha value is -3.24. The molecule has 2 aliphatic rings. The van der Waals surface area contributed by atoms with Crippen LogP contribution in [0.2, 0.25) is 0 Å². The monoisotopic (exact) mass is 401 g/mol. The van der Waals surface area contributed by atoms with Crippen LogP contribution in [-0.2, 0) is 5.41 Å². The fraction of sp³-hybridized carbons (Fsp3) is 0.273. The van der Waals surface area contributed by atoms with Crippen molar-refractivity contribution in [2.24, 2.45) is 5.73 Å². The first kappa shape index (κ1) is 17.8. The lowest BCUT2D eigenvalue weighted by atomic mass is 10.0. The van der Waals surface area contributed by atoms with E-state index >= 15 is 0 Å². The van der Waals surface area contributed by atoms with Crippen LogP contribution in [-0.4, -0.2) is 27.4 Å². The minimum absolute atomic E-state index is 0.230. The Morgan fingerprint density at radius 3 is 2.83 bits per heavy atom. The number of thiazole rings is 1. The molecule has 1 aromatic carbocycles. The van der Waals surface area contributed by atoms with Gasteiger partial charge in [0.15, 0.2) is 5.01 Å². The number of nitrogens with one attached hydrogen (secondary N) is 1. The van der Waals surface area contributed by atoms with Crippen LogP contribution in [0.15, 0.2) is 36.7 Å². The molecule has 1 unspecified atom stereocenters. The van der Waals surface area contributed by atoms with Crippen molar-refractivity contribution in [2.75, 3.05) is 11.9 Å². The number of rotatable bonds is 2. The molecule has 144 valence electrons. The molecule has 2 aromatic heterocycles. The second kappa shape index (κ2) is 6.68. The highest BCUT2D eigenvalue weighted by Gasteiger charge is 2.45. The van der Waals surface area contributed by atoms with Gasteiger partial charge in [-0.25, -0.2) is 15.0 Å². The van der Waals surface area contributed by atoms with Gasteiger partial charge in [0.25, 0.3) is 5.91 Å². The molecule has 0 radical (unpaired) electrons. The van der Waals surface area contributed by atoms with Crippen LogP contribution < -0.4 is 11.1 Å². The Morgan fingerprint density at radius 1 is 1.31 bits per heavy atom. The number of amides is 1. The van der Waals surface area contributed by atoms with Gasteiger partial charge in [-0.1, -0.05) is 18.8 Å². The Kier molecular flexibility index (Phi) is 4.10. The molecule has 1 aliphatic carbocycles. The highest BCUT2D eigenvalue weighted by Crippen LogP contribution is 2.46. The Bertz CT molecular complexity index is 1170. The fourth-order valence-electron chi connectivity index (χ4n) is 3.56. The molecule has 3 N–H and O–H groups in total. The van der Waals surface area contributed by atoms with E-state index < -0.39 is 5.91 Å². The van der Waals surface area contributed by atoms with E-state index in [1.165, 1.54) is 11.3 Å². The van der Waals surface area contributed by atoms with Crippen molar-refractivity contribution in [1.29, 1.82) is 0 Å². The molecule has 0 saturated heterocycles. The highest BCUT2D eigenvalue weighted by molar-refractivity contribution is 7.14. The van der Waals surface area contributed by atoms with Gasteiger partial charge >= 0.3 is 0 Å². The fourth-order valence-corrected chi connectivity index (χ4v) is 4.54. The standard InChI is InChI=1S/C22H19N5OS/c1-13-12-26-16-4-3-14(5-6-22(7-8-22)21-24-9-2-10-25-21)11-15(16)17-18(13)29-20(27-17)19(23)28/h2-4,9-11,13,26H,7-8,12H2,1H3,(H2,23,28). The zero-order valence-corrected chi connectivity index (χ0v) is 16.7. The quantitative estimate of drug-likeness (QED) is 0.643. The summed E-state index contributed by atoms with van der Waals surface area (Å²) in [5.41, 5.74) is 8.93. The van der Waals surface area contributed by atoms with E-state index in [0.717, 1.165) is 52.6 Å². The molecule has 1 saturated carbocycles. The van der Waals surface area contributed by atoms with Crippen molar-refractivity contribution < 1.29 is 4.79 Å². The number of carbonyl (C=O) groups excluding carboxylic acids is 1. The summed E-state index contributed by atoms with van der Waals surface area (Å²) in [6, 6.07) is 7.90. The SMILES string of the molecule is CC1CNc2ccc(C#CC3(c4ncccn4)CC3)cc2-c2nc(C(N)=O)sc21. The molecule has 1 amide bonds. The number of hydrogen-bond donors (Lipinski definition) is 2. The zero-order chi connectivity index (χ0) is 20.0. The predicted octanol–water partition coefficient (Wildman–Crippen LogP) is 3.31. The van der Waals surface area contributed by atoms with Crippen molar-refractivity contribution >= 4 is 22.9 Å². The molecule has 1 aliphatic heterocycles. The van der Waals surface area contributed by atoms with E-state index in [2.05, 4.69) is 39.0 Å². The summed E-state index contributed by atoms with van der Waals surface area (Å²) < 4.78 is 0. The molecule has 1 fully saturated rings. The number of nitrogens with two attached hydrogens (primary N) is 1. The molecule has 7 heteroatoms. The maximum atomic E-state index is 11.7. The second-order valence-corrected chi connectivity index (χ2v) is 8.57. The Morgan fingerprint density at radius 2 is 2.10 bits per heavy atom. The lowest BCUT2D eigenvalue weighted by molar-refractivity contribution is 0.1000. The maximum Gasteiger partial charge on any atom is 0.277 e. The van der Waals surface area contributed by atoms with Gasteiger partial charge in [-0.15, -0.1) is 11.3 Å². The topological polar surface area (TPSA) is 93.8 Å². The third-order valence-corrected chi connectivity index (χ3v) is 6.68. The second-order valence-electron chi connectivity index (χ2n) is 7.54. The largest absolute Gasteiger partial charge is 0.384 e. The van der Waals surface area contributed by atoms with Gasteiger partial charge in [0, 0.05) is 46.5 Å². The number of aromatic nitrogens is 3. The van der Waals surface area contributed by atoms with Crippen molar-refractivity contribution in [3.63, 3.8) is 0 Å². The van der Waals surface area contributed by atoms with E-state index in [9.17, 15) is 4.79 Å². The first-order valence-electron chi connectivity index (χ1n) is 9.55. The van der Waals surface area contributed by atoms with Crippen molar-refractivity contribution in [3.05, 3.63) is 57.9 Å². The van der Waals surface area contributed by atoms with Crippen LogP contribution in [0.1, 0.15) is 51.8 Å². The first-order valence-corrected chi connectivity index (χ1v) is 10.4. The van der Waals surface area contributed by atoms with Gasteiger partial charge in [0.1, 0.15) is 5.82 Å². The third kappa shape index (κ3) is 3.15. The van der Waals surface area contributed by atoms with Gasteiger partial charge < -0.3 is 11.1 Å². The van der Waals surface area contributed by atoms with Gasteiger partial charge in [-0.05, 0) is 37.1 Å². The molecule has 6 nitrogen and oxygen atoms in total. The minimum atomic E-state index is -0.487. The number of anilines is 1. The summed E-state index contributed by atoms with van der Waals surface area (Å²) in [5.74, 6) is 7.26.